The highest BCUT2D eigenvalue weighted by Crippen LogP contribution is 2.14. The Kier molecular flexibility index (Phi) is 6.89. The molecule has 32 heavy (non-hydrogen) atoms. The number of hydrogen-bond donors (Lipinski definition) is 1. The number of nitrogens with one attached hydrogen (secondary N) is 1. The first kappa shape index (κ1) is 23.3. The van der Waals surface area contributed by atoms with Gasteiger partial charge in [-0.1, -0.05) is 37.7 Å². The third-order valence-electron chi connectivity index (χ3n) is 5.09. The molecule has 0 saturated carbocycles. The Morgan fingerprint density at radius 3 is 2.56 bits per heavy atom. The number of fused-ring (bicyclic) bond motifs is 1. The quantitative estimate of drug-likeness (QED) is 0.425. The highest BCUT2D eigenvalue weighted by atomic mass is 32.2. The van der Waals surface area contributed by atoms with Gasteiger partial charge in [0.15, 0.2) is 11.2 Å². The van der Waals surface area contributed by atoms with Crippen LogP contribution < -0.4 is 16.6 Å². The molecule has 0 bridgehead atoms. The molecule has 0 spiro atoms. The molecular formula is C22H27N5O4S. The van der Waals surface area contributed by atoms with Crippen LogP contribution >= 0.6 is 0 Å². The van der Waals surface area contributed by atoms with E-state index in [9.17, 15) is 18.0 Å². The highest BCUT2D eigenvalue weighted by molar-refractivity contribution is 7.90. The van der Waals surface area contributed by atoms with Crippen LogP contribution in [0.3, 0.4) is 0 Å². The zero-order valence-corrected chi connectivity index (χ0v) is 19.5. The Hall–Kier alpha value is -3.32. The summed E-state index contributed by atoms with van der Waals surface area (Å²) in [6.07, 6.45) is 4.43. The van der Waals surface area contributed by atoms with Crippen LogP contribution in [0.4, 0.5) is 5.69 Å². The van der Waals surface area contributed by atoms with Gasteiger partial charge in [-0.05, 0) is 24.6 Å². The van der Waals surface area contributed by atoms with Crippen LogP contribution in [-0.4, -0.2) is 39.9 Å². The molecule has 3 aromatic rings. The molecule has 0 amide bonds. The van der Waals surface area contributed by atoms with Crippen LogP contribution in [0, 0.1) is 11.8 Å². The van der Waals surface area contributed by atoms with Gasteiger partial charge in [0.05, 0.1) is 6.54 Å². The normalized spacial score (nSPS) is 11.4. The number of imidazole rings is 1. The van der Waals surface area contributed by atoms with Crippen molar-refractivity contribution >= 4 is 26.7 Å². The molecule has 0 aliphatic heterocycles. The lowest BCUT2D eigenvalue weighted by Gasteiger charge is -2.06. The minimum atomic E-state index is -3.69. The van der Waals surface area contributed by atoms with E-state index in [1.807, 2.05) is 24.3 Å². The summed E-state index contributed by atoms with van der Waals surface area (Å²) in [5.74, 6) is 5.96. The van der Waals surface area contributed by atoms with Gasteiger partial charge < -0.3 is 9.88 Å². The molecule has 0 saturated heterocycles. The monoisotopic (exact) mass is 457 g/mol. The molecule has 0 fully saturated rings. The first-order chi connectivity index (χ1) is 15.1. The summed E-state index contributed by atoms with van der Waals surface area (Å²) in [5.41, 5.74) is 0.561. The van der Waals surface area contributed by atoms with E-state index in [2.05, 4.69) is 29.1 Å². The van der Waals surface area contributed by atoms with Crippen LogP contribution in [0.5, 0.6) is 0 Å². The largest absolute Gasteiger partial charge is 0.385 e. The van der Waals surface area contributed by atoms with Gasteiger partial charge >= 0.3 is 5.69 Å². The fourth-order valence-corrected chi connectivity index (χ4v) is 4.26. The summed E-state index contributed by atoms with van der Waals surface area (Å²) in [7, 11) is -0.910. The lowest BCUT2D eigenvalue weighted by atomic mass is 10.2. The van der Waals surface area contributed by atoms with Crippen molar-refractivity contribution in [1.82, 2.24) is 18.7 Å². The topological polar surface area (TPSA) is 108 Å². The van der Waals surface area contributed by atoms with Crippen molar-refractivity contribution in [3.63, 3.8) is 0 Å². The summed E-state index contributed by atoms with van der Waals surface area (Å²) in [6, 6.07) is 7.67. The van der Waals surface area contributed by atoms with Gasteiger partial charge in [0.2, 0.25) is 15.0 Å². The molecule has 0 unspecified atom stereocenters. The molecular weight excluding hydrogens is 430 g/mol. The number of anilines is 1. The van der Waals surface area contributed by atoms with Gasteiger partial charge in [-0.25, -0.2) is 13.2 Å². The lowest BCUT2D eigenvalue weighted by Crippen LogP contribution is -2.38. The third kappa shape index (κ3) is 4.78. The summed E-state index contributed by atoms with van der Waals surface area (Å²) in [6.45, 7) is 3.00. The molecule has 2 aromatic heterocycles. The summed E-state index contributed by atoms with van der Waals surface area (Å²) >= 11 is 0. The van der Waals surface area contributed by atoms with E-state index >= 15 is 0 Å². The van der Waals surface area contributed by atoms with E-state index in [0.717, 1.165) is 41.5 Å². The molecule has 0 aliphatic carbocycles. The number of aromatic nitrogens is 4. The maximum absolute atomic E-state index is 12.7. The molecule has 10 heteroatoms. The van der Waals surface area contributed by atoms with Crippen molar-refractivity contribution < 1.29 is 8.42 Å². The van der Waals surface area contributed by atoms with Crippen LogP contribution in [-0.2, 0) is 30.5 Å². The molecule has 0 atom stereocenters. The minimum Gasteiger partial charge on any atom is -0.385 e. The standard InChI is InChI=1S/C22H27N5O4S/c1-5-6-7-13-23-17-12-8-10-16(15-17)11-9-14-27-19-18(20(28)26(3)22(27)29)25(2)21(24-19)32(4,30)31/h8,10,12,15,23H,5-7,13-14H2,1-4H3. The fraction of sp³-hybridized carbons (Fsp3) is 0.409. The van der Waals surface area contributed by atoms with E-state index < -0.39 is 21.1 Å². The highest BCUT2D eigenvalue weighted by Gasteiger charge is 2.23. The predicted octanol–water partition coefficient (Wildman–Crippen LogP) is 1.49. The Balaban J connectivity index is 1.96. The van der Waals surface area contributed by atoms with Crippen molar-refractivity contribution in [2.24, 2.45) is 14.1 Å². The molecule has 9 nitrogen and oxygen atoms in total. The number of hydrogen-bond acceptors (Lipinski definition) is 6. The first-order valence-corrected chi connectivity index (χ1v) is 12.2. The van der Waals surface area contributed by atoms with Crippen molar-refractivity contribution in [3.8, 4) is 11.8 Å². The Bertz CT molecular complexity index is 1440. The van der Waals surface area contributed by atoms with Gasteiger partial charge in [-0.15, -0.1) is 0 Å². The number of rotatable bonds is 7. The summed E-state index contributed by atoms with van der Waals surface area (Å²) in [5, 5.41) is 3.09. The molecule has 0 aliphatic rings. The Morgan fingerprint density at radius 1 is 1.12 bits per heavy atom. The number of sulfone groups is 1. The molecule has 0 radical (unpaired) electrons. The average molecular weight is 458 g/mol. The fourth-order valence-electron chi connectivity index (χ4n) is 3.42. The van der Waals surface area contributed by atoms with Gasteiger partial charge in [-0.2, -0.15) is 4.98 Å². The van der Waals surface area contributed by atoms with E-state index in [0.29, 0.717) is 0 Å². The minimum absolute atomic E-state index is 0.00154. The maximum atomic E-state index is 12.7. The zero-order valence-electron chi connectivity index (χ0n) is 18.7. The van der Waals surface area contributed by atoms with Crippen molar-refractivity contribution in [2.45, 2.75) is 37.9 Å². The van der Waals surface area contributed by atoms with Crippen molar-refractivity contribution in [1.29, 1.82) is 0 Å². The third-order valence-corrected chi connectivity index (χ3v) is 6.12. The van der Waals surface area contributed by atoms with E-state index in [4.69, 9.17) is 0 Å². The van der Waals surface area contributed by atoms with Gasteiger partial charge in [0.25, 0.3) is 5.56 Å². The number of unbranched alkanes of at least 4 members (excludes halogenated alkanes) is 2. The predicted molar refractivity (Wildman–Crippen MR) is 125 cm³/mol. The number of aryl methyl sites for hydroxylation is 1. The van der Waals surface area contributed by atoms with Gasteiger partial charge in [-0.3, -0.25) is 13.9 Å². The Labute approximate surface area is 186 Å². The molecule has 1 aromatic carbocycles. The van der Waals surface area contributed by atoms with Crippen molar-refractivity contribution in [3.05, 3.63) is 50.7 Å². The second-order valence-electron chi connectivity index (χ2n) is 7.65. The summed E-state index contributed by atoms with van der Waals surface area (Å²) < 4.78 is 27.4. The molecule has 170 valence electrons. The van der Waals surface area contributed by atoms with Gasteiger partial charge in [0, 0.05) is 38.1 Å². The second kappa shape index (κ2) is 9.44. The number of nitrogens with zero attached hydrogens (tertiary/aromatic N) is 4. The first-order valence-electron chi connectivity index (χ1n) is 10.3. The summed E-state index contributed by atoms with van der Waals surface area (Å²) in [4.78, 5) is 29.3. The van der Waals surface area contributed by atoms with E-state index in [1.54, 1.807) is 0 Å². The lowest BCUT2D eigenvalue weighted by molar-refractivity contribution is 0.586. The number of benzene rings is 1. The zero-order chi connectivity index (χ0) is 23.5. The van der Waals surface area contributed by atoms with E-state index in [1.165, 1.54) is 29.7 Å². The maximum Gasteiger partial charge on any atom is 0.333 e. The smallest absolute Gasteiger partial charge is 0.333 e. The van der Waals surface area contributed by atoms with Crippen molar-refractivity contribution in [2.75, 3.05) is 18.1 Å². The van der Waals surface area contributed by atoms with Crippen LogP contribution in [0.25, 0.3) is 11.2 Å². The van der Waals surface area contributed by atoms with Crippen LogP contribution in [0.1, 0.15) is 31.7 Å². The molecule has 2 heterocycles. The van der Waals surface area contributed by atoms with E-state index in [-0.39, 0.29) is 22.9 Å². The second-order valence-corrected chi connectivity index (χ2v) is 9.56. The van der Waals surface area contributed by atoms with Gasteiger partial charge in [0.1, 0.15) is 0 Å². The van der Waals surface area contributed by atoms with Crippen LogP contribution in [0.15, 0.2) is 39.0 Å². The molecule has 3 rings (SSSR count). The molecule has 1 N–H and O–H groups in total. The average Bonchev–Trinajstić information content (AvgIpc) is 3.10. The van der Waals surface area contributed by atoms with Crippen LogP contribution in [0.2, 0.25) is 0 Å². The SMILES string of the molecule is CCCCCNc1cccc(C#CCn2c(=O)n(C)c(=O)c3c2nc(S(C)(=O)=O)n3C)c1. The Morgan fingerprint density at radius 2 is 1.88 bits per heavy atom.